The van der Waals surface area contributed by atoms with Crippen molar-refractivity contribution in [2.75, 3.05) is 25.4 Å². The maximum absolute atomic E-state index is 11.9. The molecule has 1 atom stereocenters. The van der Waals surface area contributed by atoms with Crippen LogP contribution in [0.15, 0.2) is 0 Å². The maximum atomic E-state index is 11.9. The molecule has 0 rings (SSSR count). The predicted octanol–water partition coefficient (Wildman–Crippen LogP) is 1.07. The molecule has 1 unspecified atom stereocenters. The minimum absolute atomic E-state index is 0.116. The van der Waals surface area contributed by atoms with Crippen LogP contribution < -0.4 is 0 Å². The Morgan fingerprint density at radius 1 is 1.33 bits per heavy atom. The normalized spacial score (nSPS) is 14.5. The lowest BCUT2D eigenvalue weighted by Crippen LogP contribution is -2.36. The number of aliphatic hydroxyl groups excluding tert-OH is 1. The molecular weight excluding hydrogens is 214 g/mol. The van der Waals surface area contributed by atoms with Crippen LogP contribution in [-0.2, 0) is 10.0 Å². The van der Waals surface area contributed by atoms with Gasteiger partial charge in [-0.2, -0.15) is 4.31 Å². The fourth-order valence-electron chi connectivity index (χ4n) is 1.65. The van der Waals surface area contributed by atoms with Crippen molar-refractivity contribution in [3.05, 3.63) is 0 Å². The summed E-state index contributed by atoms with van der Waals surface area (Å²) in [4.78, 5) is 0. The van der Waals surface area contributed by atoms with Crippen molar-refractivity contribution in [3.63, 3.8) is 0 Å². The van der Waals surface area contributed by atoms with E-state index in [2.05, 4.69) is 6.92 Å². The summed E-state index contributed by atoms with van der Waals surface area (Å²) in [5, 5.41) is 8.76. The van der Waals surface area contributed by atoms with E-state index in [1.165, 1.54) is 4.31 Å². The van der Waals surface area contributed by atoms with Gasteiger partial charge in [0.2, 0.25) is 10.0 Å². The molecule has 0 amide bonds. The molecule has 0 aliphatic carbocycles. The highest BCUT2D eigenvalue weighted by atomic mass is 32.2. The third kappa shape index (κ3) is 5.49. The molecule has 0 heterocycles. The summed E-state index contributed by atoms with van der Waals surface area (Å²) in [5.74, 6) is 0.377. The molecule has 1 N–H and O–H groups in total. The second-order valence-electron chi connectivity index (χ2n) is 3.89. The molecule has 0 aromatic heterocycles. The lowest BCUT2D eigenvalue weighted by atomic mass is 10.1. The van der Waals surface area contributed by atoms with Crippen LogP contribution in [0.25, 0.3) is 0 Å². The number of aliphatic hydroxyl groups is 1. The first kappa shape index (κ1) is 14.9. The van der Waals surface area contributed by atoms with Crippen LogP contribution in [0.5, 0.6) is 0 Å². The number of rotatable bonds is 8. The van der Waals surface area contributed by atoms with E-state index in [-0.39, 0.29) is 24.8 Å². The summed E-state index contributed by atoms with van der Waals surface area (Å²) in [5.41, 5.74) is 0. The minimum Gasteiger partial charge on any atom is -0.395 e. The van der Waals surface area contributed by atoms with Gasteiger partial charge in [-0.3, -0.25) is 0 Å². The monoisotopic (exact) mass is 237 g/mol. The van der Waals surface area contributed by atoms with Gasteiger partial charge >= 0.3 is 0 Å². The molecule has 92 valence electrons. The molecule has 0 bridgehead atoms. The first-order chi connectivity index (χ1) is 6.97. The molecule has 0 aromatic carbocycles. The molecule has 0 saturated heterocycles. The molecule has 0 radical (unpaired) electrons. The van der Waals surface area contributed by atoms with Crippen molar-refractivity contribution in [2.45, 2.75) is 33.6 Å². The lowest BCUT2D eigenvalue weighted by molar-refractivity contribution is 0.256. The zero-order valence-electron chi connectivity index (χ0n) is 9.94. The van der Waals surface area contributed by atoms with Crippen molar-refractivity contribution >= 4 is 10.0 Å². The molecule has 5 heteroatoms. The standard InChI is InChI=1S/C10H23NO3S/c1-4-6-10(3)9-15(13,14)11(5-2)7-8-12/h10,12H,4-9H2,1-3H3. The molecular formula is C10H23NO3S. The Bertz CT molecular complexity index is 251. The van der Waals surface area contributed by atoms with E-state index in [9.17, 15) is 8.42 Å². The predicted molar refractivity (Wildman–Crippen MR) is 62.2 cm³/mol. The van der Waals surface area contributed by atoms with Crippen molar-refractivity contribution < 1.29 is 13.5 Å². The Kier molecular flexibility index (Phi) is 7.13. The Balaban J connectivity index is 4.37. The molecule has 0 saturated carbocycles. The summed E-state index contributed by atoms with van der Waals surface area (Å²) in [6.45, 7) is 6.31. The van der Waals surface area contributed by atoms with Crippen LogP contribution in [-0.4, -0.2) is 43.3 Å². The van der Waals surface area contributed by atoms with Crippen molar-refractivity contribution in [3.8, 4) is 0 Å². The largest absolute Gasteiger partial charge is 0.395 e. The fourth-order valence-corrected chi connectivity index (χ4v) is 3.50. The summed E-state index contributed by atoms with van der Waals surface area (Å²) in [7, 11) is -3.18. The maximum Gasteiger partial charge on any atom is 0.214 e. The Labute approximate surface area is 93.3 Å². The van der Waals surface area contributed by atoms with Gasteiger partial charge in [-0.25, -0.2) is 8.42 Å². The van der Waals surface area contributed by atoms with Gasteiger partial charge < -0.3 is 5.11 Å². The average Bonchev–Trinajstić information content (AvgIpc) is 2.13. The van der Waals surface area contributed by atoms with Crippen LogP contribution in [0, 0.1) is 5.92 Å². The molecule has 0 aliphatic heterocycles. The molecule has 0 aliphatic rings. The highest BCUT2D eigenvalue weighted by molar-refractivity contribution is 7.89. The summed E-state index contributed by atoms with van der Waals surface area (Å²) >= 11 is 0. The van der Waals surface area contributed by atoms with E-state index in [1.54, 1.807) is 6.92 Å². The van der Waals surface area contributed by atoms with Crippen molar-refractivity contribution in [1.82, 2.24) is 4.31 Å². The lowest BCUT2D eigenvalue weighted by Gasteiger charge is -2.21. The Hall–Kier alpha value is -0.130. The van der Waals surface area contributed by atoms with Gasteiger partial charge in [0.25, 0.3) is 0 Å². The fraction of sp³-hybridized carbons (Fsp3) is 1.00. The smallest absolute Gasteiger partial charge is 0.214 e. The second kappa shape index (κ2) is 7.19. The van der Waals surface area contributed by atoms with Gasteiger partial charge in [0, 0.05) is 13.1 Å². The summed E-state index contributed by atoms with van der Waals surface area (Å²) in [6, 6.07) is 0. The molecule has 15 heavy (non-hydrogen) atoms. The number of nitrogens with zero attached hydrogens (tertiary/aromatic N) is 1. The van der Waals surface area contributed by atoms with Crippen LogP contribution in [0.4, 0.5) is 0 Å². The van der Waals surface area contributed by atoms with Crippen LogP contribution in [0.1, 0.15) is 33.6 Å². The van der Waals surface area contributed by atoms with Gasteiger partial charge in [0.1, 0.15) is 0 Å². The first-order valence-corrected chi connectivity index (χ1v) is 7.17. The van der Waals surface area contributed by atoms with Gasteiger partial charge in [0.15, 0.2) is 0 Å². The third-order valence-electron chi connectivity index (χ3n) is 2.37. The molecule has 0 spiro atoms. The number of hydrogen-bond donors (Lipinski definition) is 1. The highest BCUT2D eigenvalue weighted by Gasteiger charge is 2.22. The number of sulfonamides is 1. The van der Waals surface area contributed by atoms with E-state index < -0.39 is 10.0 Å². The quantitative estimate of drug-likeness (QED) is 0.687. The van der Waals surface area contributed by atoms with Crippen LogP contribution in [0.3, 0.4) is 0 Å². The number of hydrogen-bond acceptors (Lipinski definition) is 3. The number of likely N-dealkylation sites (N-methyl/N-ethyl adjacent to an activating group) is 1. The van der Waals surface area contributed by atoms with Gasteiger partial charge in [0.05, 0.1) is 12.4 Å². The highest BCUT2D eigenvalue weighted by Crippen LogP contribution is 2.11. The van der Waals surface area contributed by atoms with Gasteiger partial charge in [-0.05, 0) is 12.3 Å². The van der Waals surface area contributed by atoms with Crippen LogP contribution in [0.2, 0.25) is 0 Å². The average molecular weight is 237 g/mol. The van der Waals surface area contributed by atoms with Crippen molar-refractivity contribution in [2.24, 2.45) is 5.92 Å². The summed E-state index contributed by atoms with van der Waals surface area (Å²) in [6.07, 6.45) is 1.93. The molecule has 0 aromatic rings. The Morgan fingerprint density at radius 2 is 1.93 bits per heavy atom. The SMILES string of the molecule is CCCC(C)CS(=O)(=O)N(CC)CCO. The van der Waals surface area contributed by atoms with E-state index in [4.69, 9.17) is 5.11 Å². The van der Waals surface area contributed by atoms with Crippen molar-refractivity contribution in [1.29, 1.82) is 0 Å². The van der Waals surface area contributed by atoms with E-state index in [1.807, 2.05) is 6.92 Å². The first-order valence-electron chi connectivity index (χ1n) is 5.56. The minimum atomic E-state index is -3.18. The van der Waals surface area contributed by atoms with Gasteiger partial charge in [-0.1, -0.05) is 27.2 Å². The van der Waals surface area contributed by atoms with E-state index in [0.29, 0.717) is 6.54 Å². The Morgan fingerprint density at radius 3 is 2.33 bits per heavy atom. The van der Waals surface area contributed by atoms with E-state index >= 15 is 0 Å². The zero-order chi connectivity index (χ0) is 11.9. The van der Waals surface area contributed by atoms with E-state index in [0.717, 1.165) is 12.8 Å². The van der Waals surface area contributed by atoms with Gasteiger partial charge in [-0.15, -0.1) is 0 Å². The molecule has 4 nitrogen and oxygen atoms in total. The molecule has 0 fully saturated rings. The summed E-state index contributed by atoms with van der Waals surface area (Å²) < 4.78 is 25.0. The second-order valence-corrected chi connectivity index (χ2v) is 5.90. The zero-order valence-corrected chi connectivity index (χ0v) is 10.8. The van der Waals surface area contributed by atoms with Crippen LogP contribution >= 0.6 is 0 Å². The topological polar surface area (TPSA) is 57.6 Å². The third-order valence-corrected chi connectivity index (χ3v) is 4.59.